The fourth-order valence-electron chi connectivity index (χ4n) is 3.08. The van der Waals surface area contributed by atoms with Crippen molar-refractivity contribution in [3.05, 3.63) is 29.8 Å². The number of nitrogens with zero attached hydrogens (tertiary/aromatic N) is 2. The maximum absolute atomic E-state index is 12.2. The van der Waals surface area contributed by atoms with E-state index in [2.05, 4.69) is 17.6 Å². The molecule has 0 bridgehead atoms. The molecule has 1 fully saturated rings. The van der Waals surface area contributed by atoms with Crippen LogP contribution in [0.4, 0.5) is 10.5 Å². The topological polar surface area (TPSA) is 64.7 Å². The van der Waals surface area contributed by atoms with Crippen LogP contribution < -0.4 is 15.5 Å². The van der Waals surface area contributed by atoms with E-state index in [0.717, 1.165) is 30.6 Å². The molecule has 1 atom stereocenters. The molecule has 1 heterocycles. The van der Waals surface area contributed by atoms with E-state index < -0.39 is 0 Å². The fraction of sp³-hybridized carbons (Fsp3) is 0.579. The van der Waals surface area contributed by atoms with Crippen LogP contribution in [0.15, 0.2) is 24.3 Å². The highest BCUT2D eigenvalue weighted by molar-refractivity contribution is 5.78. The van der Waals surface area contributed by atoms with Gasteiger partial charge < -0.3 is 20.4 Å². The maximum atomic E-state index is 12.2. The van der Waals surface area contributed by atoms with Crippen molar-refractivity contribution in [2.75, 3.05) is 32.1 Å². The summed E-state index contributed by atoms with van der Waals surface area (Å²) in [4.78, 5) is 28.1. The van der Waals surface area contributed by atoms with Gasteiger partial charge >= 0.3 is 6.03 Å². The van der Waals surface area contributed by atoms with Crippen molar-refractivity contribution in [1.82, 2.24) is 15.5 Å². The second-order valence-corrected chi connectivity index (χ2v) is 6.86. The first-order valence-electron chi connectivity index (χ1n) is 9.05. The van der Waals surface area contributed by atoms with E-state index in [1.54, 1.807) is 0 Å². The van der Waals surface area contributed by atoms with Gasteiger partial charge in [0.1, 0.15) is 0 Å². The van der Waals surface area contributed by atoms with E-state index in [4.69, 9.17) is 0 Å². The third kappa shape index (κ3) is 5.96. The molecular weight excluding hydrogens is 316 g/mol. The van der Waals surface area contributed by atoms with Crippen LogP contribution in [0.2, 0.25) is 0 Å². The van der Waals surface area contributed by atoms with Crippen LogP contribution in [0.5, 0.6) is 0 Å². The van der Waals surface area contributed by atoms with E-state index in [9.17, 15) is 9.59 Å². The lowest BCUT2D eigenvalue weighted by Crippen LogP contribution is -2.44. The summed E-state index contributed by atoms with van der Waals surface area (Å²) in [5.74, 6) is 0.131. The smallest absolute Gasteiger partial charge is 0.315 e. The van der Waals surface area contributed by atoms with Gasteiger partial charge in [-0.15, -0.1) is 0 Å². The number of benzene rings is 1. The number of hydrogen-bond acceptors (Lipinski definition) is 3. The Morgan fingerprint density at radius 2 is 2.04 bits per heavy atom. The molecule has 1 aromatic rings. The number of hydrogen-bond donors (Lipinski definition) is 2. The first-order chi connectivity index (χ1) is 12.0. The summed E-state index contributed by atoms with van der Waals surface area (Å²) in [5.41, 5.74) is 2.14. The van der Waals surface area contributed by atoms with E-state index in [1.807, 2.05) is 48.2 Å². The summed E-state index contributed by atoms with van der Waals surface area (Å²) in [6, 6.07) is 8.10. The molecule has 2 N–H and O–H groups in total. The van der Waals surface area contributed by atoms with Crippen LogP contribution in [-0.2, 0) is 11.3 Å². The molecule has 3 amide bonds. The Morgan fingerprint density at radius 3 is 2.76 bits per heavy atom. The summed E-state index contributed by atoms with van der Waals surface area (Å²) in [5, 5.41) is 5.60. The Morgan fingerprint density at radius 1 is 1.24 bits per heavy atom. The molecule has 6 heteroatoms. The summed E-state index contributed by atoms with van der Waals surface area (Å²) in [6.07, 6.45) is 3.70. The Bertz CT molecular complexity index is 589. The highest BCUT2D eigenvalue weighted by Crippen LogP contribution is 2.17. The second kappa shape index (κ2) is 9.30. The van der Waals surface area contributed by atoms with Crippen molar-refractivity contribution in [3.8, 4) is 0 Å². The lowest BCUT2D eigenvalue weighted by Gasteiger charge is -2.33. The van der Waals surface area contributed by atoms with Crippen molar-refractivity contribution in [3.63, 3.8) is 0 Å². The SMILES string of the molecule is C[C@H]1CCCCN1C(=O)CCNC(=O)NCc1cccc(N(C)C)c1. The number of likely N-dealkylation sites (tertiary alicyclic amines) is 1. The van der Waals surface area contributed by atoms with Gasteiger partial charge in [-0.1, -0.05) is 12.1 Å². The predicted molar refractivity (Wildman–Crippen MR) is 101 cm³/mol. The van der Waals surface area contributed by atoms with Crippen LogP contribution in [0, 0.1) is 0 Å². The van der Waals surface area contributed by atoms with Gasteiger partial charge in [-0.2, -0.15) is 0 Å². The zero-order valence-electron chi connectivity index (χ0n) is 15.5. The van der Waals surface area contributed by atoms with Crippen LogP contribution >= 0.6 is 0 Å². The number of carbonyl (C=O) groups excluding carboxylic acids is 2. The second-order valence-electron chi connectivity index (χ2n) is 6.86. The number of urea groups is 1. The Kier molecular flexibility index (Phi) is 7.10. The molecule has 0 aromatic heterocycles. The number of carbonyl (C=O) groups is 2. The molecule has 0 radical (unpaired) electrons. The summed E-state index contributed by atoms with van der Waals surface area (Å²) < 4.78 is 0. The minimum Gasteiger partial charge on any atom is -0.378 e. The third-order valence-corrected chi connectivity index (χ3v) is 4.63. The highest BCUT2D eigenvalue weighted by Gasteiger charge is 2.22. The standard InChI is InChI=1S/C19H30N4O2/c1-15-7-4-5-12-23(15)18(24)10-11-20-19(25)21-14-16-8-6-9-17(13-16)22(2)3/h6,8-9,13,15H,4-5,7,10-12,14H2,1-3H3,(H2,20,21,25)/t15-/m0/s1. The maximum Gasteiger partial charge on any atom is 0.315 e. The number of rotatable bonds is 6. The summed E-state index contributed by atoms with van der Waals surface area (Å²) in [7, 11) is 3.97. The molecule has 2 rings (SSSR count). The molecule has 1 aromatic carbocycles. The van der Waals surface area contributed by atoms with E-state index in [1.165, 1.54) is 6.42 Å². The summed E-state index contributed by atoms with van der Waals surface area (Å²) in [6.45, 7) is 3.77. The third-order valence-electron chi connectivity index (χ3n) is 4.63. The molecule has 1 aliphatic heterocycles. The van der Waals surface area contributed by atoms with Gasteiger partial charge in [0.25, 0.3) is 0 Å². The van der Waals surface area contributed by atoms with E-state index in [0.29, 0.717) is 25.6 Å². The minimum atomic E-state index is -0.241. The molecule has 0 unspecified atom stereocenters. The Balaban J connectivity index is 1.68. The molecule has 0 aliphatic carbocycles. The Hall–Kier alpha value is -2.24. The van der Waals surface area contributed by atoms with Gasteiger partial charge in [0.2, 0.25) is 5.91 Å². The number of nitrogens with one attached hydrogen (secondary N) is 2. The van der Waals surface area contributed by atoms with Crippen LogP contribution in [-0.4, -0.2) is 50.1 Å². The molecule has 138 valence electrons. The van der Waals surface area contributed by atoms with Gasteiger partial charge in [-0.05, 0) is 43.9 Å². The predicted octanol–water partition coefficient (Wildman–Crippen LogP) is 2.34. The zero-order chi connectivity index (χ0) is 18.2. The highest BCUT2D eigenvalue weighted by atomic mass is 16.2. The van der Waals surface area contributed by atoms with Gasteiger partial charge in [0.15, 0.2) is 0 Å². The van der Waals surface area contributed by atoms with E-state index in [-0.39, 0.29) is 11.9 Å². The monoisotopic (exact) mass is 346 g/mol. The zero-order valence-corrected chi connectivity index (χ0v) is 15.5. The van der Waals surface area contributed by atoms with Crippen LogP contribution in [0.1, 0.15) is 38.2 Å². The average Bonchev–Trinajstić information content (AvgIpc) is 2.60. The van der Waals surface area contributed by atoms with Crippen molar-refractivity contribution in [2.45, 2.75) is 45.2 Å². The first-order valence-corrected chi connectivity index (χ1v) is 9.05. The Labute approximate surface area is 150 Å². The lowest BCUT2D eigenvalue weighted by molar-refractivity contribution is -0.134. The van der Waals surface area contributed by atoms with Gasteiger partial charge in [0.05, 0.1) is 0 Å². The van der Waals surface area contributed by atoms with Crippen molar-refractivity contribution < 1.29 is 9.59 Å². The number of piperidine rings is 1. The van der Waals surface area contributed by atoms with Crippen LogP contribution in [0.3, 0.4) is 0 Å². The largest absolute Gasteiger partial charge is 0.378 e. The van der Waals surface area contributed by atoms with Gasteiger partial charge in [-0.3, -0.25) is 4.79 Å². The average molecular weight is 346 g/mol. The molecule has 6 nitrogen and oxygen atoms in total. The van der Waals surface area contributed by atoms with E-state index >= 15 is 0 Å². The minimum absolute atomic E-state index is 0.131. The molecule has 25 heavy (non-hydrogen) atoms. The molecule has 1 aliphatic rings. The molecule has 0 saturated carbocycles. The van der Waals surface area contributed by atoms with Crippen molar-refractivity contribution in [1.29, 1.82) is 0 Å². The van der Waals surface area contributed by atoms with Gasteiger partial charge in [-0.25, -0.2) is 4.79 Å². The number of anilines is 1. The molecule has 0 spiro atoms. The van der Waals surface area contributed by atoms with Crippen molar-refractivity contribution in [2.24, 2.45) is 0 Å². The normalized spacial score (nSPS) is 17.1. The fourth-order valence-corrected chi connectivity index (χ4v) is 3.08. The number of amides is 3. The molecule has 1 saturated heterocycles. The summed E-state index contributed by atoms with van der Waals surface area (Å²) >= 11 is 0. The lowest BCUT2D eigenvalue weighted by atomic mass is 10.0. The molecular formula is C19H30N4O2. The van der Waals surface area contributed by atoms with Gasteiger partial charge in [0, 0.05) is 51.9 Å². The van der Waals surface area contributed by atoms with Crippen LogP contribution in [0.25, 0.3) is 0 Å². The first kappa shape index (κ1) is 19.1. The quantitative estimate of drug-likeness (QED) is 0.831. The van der Waals surface area contributed by atoms with Crippen molar-refractivity contribution >= 4 is 17.6 Å².